The van der Waals surface area contributed by atoms with Crippen molar-refractivity contribution in [2.24, 2.45) is 0 Å². The first kappa shape index (κ1) is 22.3. The molecule has 0 amide bonds. The van der Waals surface area contributed by atoms with Gasteiger partial charge in [0.05, 0.1) is 16.6 Å². The van der Waals surface area contributed by atoms with Crippen LogP contribution < -0.4 is 15.0 Å². The molecule has 0 bridgehead atoms. The van der Waals surface area contributed by atoms with Gasteiger partial charge in [0.2, 0.25) is 5.95 Å². The number of fused-ring (bicyclic) bond motifs is 1. The van der Waals surface area contributed by atoms with Gasteiger partial charge in [-0.2, -0.15) is 13.2 Å². The molecule has 5 nitrogen and oxygen atoms in total. The van der Waals surface area contributed by atoms with Crippen LogP contribution in [0.5, 0.6) is 11.5 Å². The third kappa shape index (κ3) is 4.22. The van der Waals surface area contributed by atoms with Crippen LogP contribution in [0.4, 0.5) is 30.5 Å². The maximum Gasteiger partial charge on any atom is 0.416 e. The van der Waals surface area contributed by atoms with Gasteiger partial charge in [-0.3, -0.25) is 0 Å². The van der Waals surface area contributed by atoms with Gasteiger partial charge in [0.1, 0.15) is 11.5 Å². The monoisotopic (exact) mass is 542 g/mol. The number of H-pyrrole nitrogens is 1. The van der Waals surface area contributed by atoms with Gasteiger partial charge >= 0.3 is 6.18 Å². The molecule has 0 saturated heterocycles. The molecule has 1 aromatic heterocycles. The van der Waals surface area contributed by atoms with Crippen LogP contribution in [0.15, 0.2) is 53.0 Å². The van der Waals surface area contributed by atoms with Crippen LogP contribution in [0.3, 0.4) is 0 Å². The van der Waals surface area contributed by atoms with Crippen LogP contribution in [0.25, 0.3) is 11.0 Å². The fraction of sp³-hybridized carbons (Fsp3) is 0.269. The average molecular weight is 543 g/mol. The summed E-state index contributed by atoms with van der Waals surface area (Å²) in [4.78, 5) is 9.79. The number of ether oxygens (including phenoxy) is 1. The van der Waals surface area contributed by atoms with Crippen molar-refractivity contribution in [1.29, 1.82) is 0 Å². The van der Waals surface area contributed by atoms with Crippen LogP contribution >= 0.6 is 15.9 Å². The number of nitrogens with one attached hydrogen (secondary N) is 2. The molecule has 6 rings (SSSR count). The number of aromatic nitrogens is 2. The number of imidazole rings is 1. The molecule has 180 valence electrons. The van der Waals surface area contributed by atoms with Crippen molar-refractivity contribution < 1.29 is 17.9 Å². The first-order chi connectivity index (χ1) is 16.8. The number of anilines is 3. The van der Waals surface area contributed by atoms with E-state index in [9.17, 15) is 13.2 Å². The predicted molar refractivity (Wildman–Crippen MR) is 134 cm³/mol. The van der Waals surface area contributed by atoms with Crippen molar-refractivity contribution in [3.63, 3.8) is 0 Å². The first-order valence-corrected chi connectivity index (χ1v) is 12.4. The minimum atomic E-state index is -4.44. The maximum absolute atomic E-state index is 13.1. The molecule has 3 aromatic carbocycles. The number of rotatable bonds is 4. The fourth-order valence-electron chi connectivity index (χ4n) is 5.01. The van der Waals surface area contributed by atoms with Gasteiger partial charge < -0.3 is 19.9 Å². The van der Waals surface area contributed by atoms with E-state index in [1.807, 2.05) is 24.3 Å². The highest BCUT2D eigenvalue weighted by molar-refractivity contribution is 9.10. The number of aromatic amines is 1. The zero-order valence-electron chi connectivity index (χ0n) is 18.7. The van der Waals surface area contributed by atoms with Gasteiger partial charge in [0, 0.05) is 34.5 Å². The zero-order chi connectivity index (χ0) is 24.2. The van der Waals surface area contributed by atoms with E-state index >= 15 is 0 Å². The van der Waals surface area contributed by atoms with E-state index in [1.54, 1.807) is 0 Å². The standard InChI is InChI=1S/C26H22BrF3N4O/c27-20-13-16(26(28,29)30)14-21-23(20)33-25(32-21)31-17-6-8-18(9-7-17)35-22-10-5-15-3-1-11-34-12-2-4-19(22)24(15)34/h5-10,13-14H,1-4,11-12H2,(H2,31,32,33). The molecule has 0 saturated carbocycles. The Kier molecular flexibility index (Phi) is 5.40. The van der Waals surface area contributed by atoms with Gasteiger partial charge in [-0.1, -0.05) is 6.07 Å². The average Bonchev–Trinajstić information content (AvgIpc) is 3.25. The molecule has 0 aliphatic carbocycles. The van der Waals surface area contributed by atoms with E-state index in [4.69, 9.17) is 4.74 Å². The third-order valence-electron chi connectivity index (χ3n) is 6.59. The molecule has 0 radical (unpaired) electrons. The summed E-state index contributed by atoms with van der Waals surface area (Å²) in [7, 11) is 0. The zero-order valence-corrected chi connectivity index (χ0v) is 20.3. The van der Waals surface area contributed by atoms with Crippen molar-refractivity contribution >= 4 is 44.3 Å². The number of hydrogen-bond donors (Lipinski definition) is 2. The van der Waals surface area contributed by atoms with E-state index in [1.165, 1.54) is 23.2 Å². The van der Waals surface area contributed by atoms with Crippen molar-refractivity contribution in [2.45, 2.75) is 31.9 Å². The molecule has 0 spiro atoms. The van der Waals surface area contributed by atoms with E-state index in [0.29, 0.717) is 15.9 Å². The Morgan fingerprint density at radius 3 is 2.54 bits per heavy atom. The second-order valence-electron chi connectivity index (χ2n) is 8.93. The van der Waals surface area contributed by atoms with Crippen molar-refractivity contribution in [1.82, 2.24) is 9.97 Å². The van der Waals surface area contributed by atoms with Crippen LogP contribution in [0.2, 0.25) is 0 Å². The Hall–Kier alpha value is -3.20. The van der Waals surface area contributed by atoms with Crippen LogP contribution in [-0.4, -0.2) is 23.1 Å². The lowest BCUT2D eigenvalue weighted by Crippen LogP contribution is -2.34. The number of aryl methyl sites for hydroxylation is 1. The number of hydrogen-bond acceptors (Lipinski definition) is 4. The molecular formula is C26H22BrF3N4O. The molecule has 35 heavy (non-hydrogen) atoms. The van der Waals surface area contributed by atoms with Crippen molar-refractivity contribution in [3.05, 3.63) is 69.7 Å². The van der Waals surface area contributed by atoms with Crippen LogP contribution in [-0.2, 0) is 19.0 Å². The first-order valence-electron chi connectivity index (χ1n) is 11.6. The SMILES string of the molecule is FC(F)(F)c1cc(Br)c2[nH]c(Nc3ccc(Oc4ccc5c6c4CCCN6CCC5)cc3)nc2c1. The van der Waals surface area contributed by atoms with Crippen LogP contribution in [0, 0.1) is 0 Å². The smallest absolute Gasteiger partial charge is 0.416 e. The Balaban J connectivity index is 1.21. The molecule has 4 aromatic rings. The molecule has 0 atom stereocenters. The van der Waals surface area contributed by atoms with Gasteiger partial charge in [-0.25, -0.2) is 4.98 Å². The molecule has 2 aliphatic rings. The summed E-state index contributed by atoms with van der Waals surface area (Å²) >= 11 is 3.20. The summed E-state index contributed by atoms with van der Waals surface area (Å²) < 4.78 is 45.9. The van der Waals surface area contributed by atoms with Gasteiger partial charge in [-0.05, 0) is 89.6 Å². The second kappa shape index (κ2) is 8.48. The summed E-state index contributed by atoms with van der Waals surface area (Å²) in [5.74, 6) is 1.98. The third-order valence-corrected chi connectivity index (χ3v) is 7.21. The Labute approximate surface area is 208 Å². The van der Waals surface area contributed by atoms with E-state index < -0.39 is 11.7 Å². The molecule has 0 unspecified atom stereocenters. The van der Waals surface area contributed by atoms with Gasteiger partial charge in [0.25, 0.3) is 0 Å². The molecule has 0 fully saturated rings. The largest absolute Gasteiger partial charge is 0.457 e. The van der Waals surface area contributed by atoms with E-state index in [-0.39, 0.29) is 5.52 Å². The van der Waals surface area contributed by atoms with E-state index in [0.717, 1.165) is 61.7 Å². The number of halogens is 4. The highest BCUT2D eigenvalue weighted by Gasteiger charge is 2.32. The number of alkyl halides is 3. The normalized spacial score (nSPS) is 15.3. The molecule has 2 aliphatic heterocycles. The van der Waals surface area contributed by atoms with Crippen molar-refractivity contribution in [3.8, 4) is 11.5 Å². The molecular weight excluding hydrogens is 521 g/mol. The van der Waals surface area contributed by atoms with E-state index in [2.05, 4.69) is 48.2 Å². The number of benzene rings is 3. The molecule has 2 N–H and O–H groups in total. The topological polar surface area (TPSA) is 53.2 Å². The number of nitrogens with zero attached hydrogens (tertiary/aromatic N) is 2. The van der Waals surface area contributed by atoms with Gasteiger partial charge in [0.15, 0.2) is 0 Å². The predicted octanol–water partition coefficient (Wildman–Crippen LogP) is 7.58. The second-order valence-corrected chi connectivity index (χ2v) is 9.79. The van der Waals surface area contributed by atoms with Crippen molar-refractivity contribution in [2.75, 3.05) is 23.3 Å². The van der Waals surface area contributed by atoms with Gasteiger partial charge in [-0.15, -0.1) is 0 Å². The Morgan fingerprint density at radius 2 is 1.77 bits per heavy atom. The quantitative estimate of drug-likeness (QED) is 0.279. The highest BCUT2D eigenvalue weighted by atomic mass is 79.9. The maximum atomic E-state index is 13.1. The Bertz CT molecular complexity index is 1410. The highest BCUT2D eigenvalue weighted by Crippen LogP contribution is 2.42. The lowest BCUT2D eigenvalue weighted by molar-refractivity contribution is -0.137. The summed E-state index contributed by atoms with van der Waals surface area (Å²) in [5, 5.41) is 3.12. The summed E-state index contributed by atoms with van der Waals surface area (Å²) in [6, 6.07) is 13.8. The minimum absolute atomic E-state index is 0.226. The lowest BCUT2D eigenvalue weighted by atomic mass is 9.91. The van der Waals surface area contributed by atoms with Crippen LogP contribution in [0.1, 0.15) is 29.5 Å². The lowest BCUT2D eigenvalue weighted by Gasteiger charge is -2.37. The summed E-state index contributed by atoms with van der Waals surface area (Å²) in [6.07, 6.45) is 0.0378. The minimum Gasteiger partial charge on any atom is -0.457 e. The molecule has 9 heteroatoms. The fourth-order valence-corrected chi connectivity index (χ4v) is 5.55. The Morgan fingerprint density at radius 1 is 1.00 bits per heavy atom. The molecule has 3 heterocycles. The summed E-state index contributed by atoms with van der Waals surface area (Å²) in [5.41, 5.74) is 4.78. The summed E-state index contributed by atoms with van der Waals surface area (Å²) in [6.45, 7) is 2.22.